The topological polar surface area (TPSA) is 161 Å². The lowest BCUT2D eigenvalue weighted by Crippen LogP contribution is -2.40. The van der Waals surface area contributed by atoms with Gasteiger partial charge in [0.2, 0.25) is 6.54 Å². The molecule has 14 heteroatoms. The lowest BCUT2D eigenvalue weighted by Gasteiger charge is -2.31. The highest BCUT2D eigenvalue weighted by molar-refractivity contribution is 14.1. The van der Waals surface area contributed by atoms with E-state index in [1.54, 1.807) is 45.0 Å². The van der Waals surface area contributed by atoms with Crippen LogP contribution in [0.15, 0.2) is 48.5 Å². The molecule has 0 bridgehead atoms. The summed E-state index contributed by atoms with van der Waals surface area (Å²) in [6.45, 7) is 21.0. The van der Waals surface area contributed by atoms with Gasteiger partial charge in [-0.2, -0.15) is 0 Å². The van der Waals surface area contributed by atoms with Crippen molar-refractivity contribution in [2.45, 2.75) is 102 Å². The van der Waals surface area contributed by atoms with Crippen LogP contribution in [0, 0.1) is 17.4 Å². The van der Waals surface area contributed by atoms with Gasteiger partial charge in [0.15, 0.2) is 0 Å². The number of benzene rings is 2. The molecular weight excluding hydrogens is 845 g/mol. The summed E-state index contributed by atoms with van der Waals surface area (Å²) in [6, 6.07) is 14.4. The molecule has 2 aromatic rings. The molecule has 310 valence electrons. The average molecular weight is 902 g/mol. The van der Waals surface area contributed by atoms with Crippen molar-refractivity contribution in [3.63, 3.8) is 0 Å². The predicted octanol–water partition coefficient (Wildman–Crippen LogP) is 7.57. The van der Waals surface area contributed by atoms with E-state index in [1.165, 1.54) is 12.0 Å². The van der Waals surface area contributed by atoms with Gasteiger partial charge in [0.1, 0.15) is 22.8 Å². The fourth-order valence-electron chi connectivity index (χ4n) is 6.99. The normalized spacial score (nSPS) is 20.7. The molecule has 3 fully saturated rings. The third-order valence-corrected chi connectivity index (χ3v) is 10.8. The Bertz CT molecular complexity index is 1830. The molecule has 13 nitrogen and oxygen atoms in total. The minimum Gasteiger partial charge on any atom is -0.478 e. The van der Waals surface area contributed by atoms with Crippen molar-refractivity contribution >= 4 is 58.2 Å². The van der Waals surface area contributed by atoms with E-state index >= 15 is 0 Å². The van der Waals surface area contributed by atoms with Gasteiger partial charge in [-0.3, -0.25) is 19.3 Å². The second kappa shape index (κ2) is 20.4. The van der Waals surface area contributed by atoms with Gasteiger partial charge in [0.25, 0.3) is 0 Å². The zero-order chi connectivity index (χ0) is 42.6. The number of nitrogens with zero attached hydrogens (tertiary/aromatic N) is 3. The van der Waals surface area contributed by atoms with Crippen LogP contribution >= 0.6 is 22.6 Å². The number of ketones is 2. The first kappa shape index (κ1) is 47.0. The van der Waals surface area contributed by atoms with Crippen LogP contribution in [0.4, 0.5) is 4.79 Å². The number of aromatic carboxylic acids is 1. The first-order chi connectivity index (χ1) is 26.6. The Balaban J connectivity index is 0.000000234. The average Bonchev–Trinajstić information content (AvgIpc) is 3.77. The Morgan fingerprint density at radius 1 is 0.877 bits per heavy atom. The number of alkyl halides is 1. The van der Waals surface area contributed by atoms with E-state index < -0.39 is 28.7 Å². The summed E-state index contributed by atoms with van der Waals surface area (Å²) in [4.78, 5) is 77.4. The Morgan fingerprint density at radius 3 is 2.09 bits per heavy atom. The smallest absolute Gasteiger partial charge is 0.410 e. The van der Waals surface area contributed by atoms with E-state index in [0.29, 0.717) is 50.9 Å². The molecule has 1 amide bonds. The van der Waals surface area contributed by atoms with Gasteiger partial charge < -0.3 is 29.1 Å². The lowest BCUT2D eigenvalue weighted by atomic mass is 9.72. The first-order valence-corrected chi connectivity index (χ1v) is 20.5. The van der Waals surface area contributed by atoms with Gasteiger partial charge in [0.05, 0.1) is 30.1 Å². The number of rotatable bonds is 8. The number of halogens is 1. The molecule has 2 heterocycles. The van der Waals surface area contributed by atoms with Crippen LogP contribution in [0.2, 0.25) is 0 Å². The molecule has 1 aliphatic carbocycles. The molecule has 2 unspecified atom stereocenters. The molecule has 0 aromatic heterocycles. The van der Waals surface area contributed by atoms with E-state index in [4.69, 9.17) is 25.9 Å². The molecule has 57 heavy (non-hydrogen) atoms. The maximum atomic E-state index is 12.2. The van der Waals surface area contributed by atoms with E-state index in [2.05, 4.69) is 32.3 Å². The third kappa shape index (κ3) is 14.2. The highest BCUT2D eigenvalue weighted by Gasteiger charge is 2.49. The fraction of sp³-hybridized carbons (Fsp3) is 0.558. The van der Waals surface area contributed by atoms with Gasteiger partial charge in [-0.1, -0.05) is 46.9 Å². The largest absolute Gasteiger partial charge is 0.478 e. The first-order valence-electron chi connectivity index (χ1n) is 19.0. The van der Waals surface area contributed by atoms with Crippen LogP contribution in [0.5, 0.6) is 0 Å². The van der Waals surface area contributed by atoms with Gasteiger partial charge in [0, 0.05) is 48.9 Å². The Labute approximate surface area is 349 Å². The summed E-state index contributed by atoms with van der Waals surface area (Å²) in [7, 11) is 1.33. The number of carboxylic acids is 1. The summed E-state index contributed by atoms with van der Waals surface area (Å²) >= 11 is 2.27. The molecule has 0 radical (unpaired) electrons. The highest BCUT2D eigenvalue weighted by atomic mass is 127. The highest BCUT2D eigenvalue weighted by Crippen LogP contribution is 2.41. The number of ether oxygens (including phenoxy) is 3. The number of hydrogen-bond donors (Lipinski definition) is 1. The molecule has 1 N–H and O–H groups in total. The summed E-state index contributed by atoms with van der Waals surface area (Å²) < 4.78 is 16.3. The van der Waals surface area contributed by atoms with Gasteiger partial charge in [-0.25, -0.2) is 21.0 Å². The molecule has 5 rings (SSSR count). The number of Topliss-reactive ketones (excluding diaryl/α,β-unsaturated/α-hetero) is 2. The van der Waals surface area contributed by atoms with E-state index in [0.717, 1.165) is 28.5 Å². The number of carbonyl (C=O) groups excluding carboxylic acids is 5. The summed E-state index contributed by atoms with van der Waals surface area (Å²) in [6.07, 6.45) is 2.55. The molecule has 1 spiro atoms. The van der Waals surface area contributed by atoms with Gasteiger partial charge >= 0.3 is 24.0 Å². The fourth-order valence-corrected chi connectivity index (χ4v) is 7.47. The maximum absolute atomic E-state index is 12.2. The van der Waals surface area contributed by atoms with Crippen molar-refractivity contribution in [1.29, 1.82) is 0 Å². The van der Waals surface area contributed by atoms with Crippen LogP contribution in [0.3, 0.4) is 0 Å². The summed E-state index contributed by atoms with van der Waals surface area (Å²) in [5.41, 5.74) is 0.871. The number of likely N-dealkylation sites (tertiary alicyclic amines) is 2. The minimum absolute atomic E-state index is 0.0586. The number of amides is 1. The van der Waals surface area contributed by atoms with Crippen molar-refractivity contribution in [2.75, 3.05) is 39.8 Å². The van der Waals surface area contributed by atoms with Gasteiger partial charge in [-0.05, 0) is 103 Å². The zero-order valence-electron chi connectivity index (χ0n) is 34.2. The molecule has 1 saturated carbocycles. The Kier molecular flexibility index (Phi) is 16.8. The number of carbonyl (C=O) groups is 6. The molecule has 3 aliphatic rings. The standard InChI is InChI=1S/C17H19NO4.C14H22N2O4.C12H15IO2/c19-14-4-5-17(15(20)9-14)6-7-18(11-17)10-12-2-1-3-13(8-12)16(21)22;1-13(2,3)20-12(18)16-9-7-14(10-16,6-8-15-4)11(17)19-5;1-12(2,3)15-11(14)10-6-4-5-9(7-10)8-13/h1-3,8H,4-7,9-11H2,(H,21,22);6-10H2,1-3,5H3;4-7H,8H2,1-3H3. The second-order valence-corrected chi connectivity index (χ2v) is 17.5. The maximum Gasteiger partial charge on any atom is 0.410 e. The van der Waals surface area contributed by atoms with Crippen LogP contribution < -0.4 is 0 Å². The number of esters is 2. The van der Waals surface area contributed by atoms with E-state index in [9.17, 15) is 28.8 Å². The second-order valence-electron chi connectivity index (χ2n) is 16.8. The monoisotopic (exact) mass is 901 g/mol. The molecule has 2 aromatic carbocycles. The van der Waals surface area contributed by atoms with Crippen molar-refractivity contribution < 1.29 is 48.1 Å². The lowest BCUT2D eigenvalue weighted by molar-refractivity contribution is -0.152. The van der Waals surface area contributed by atoms with Crippen molar-refractivity contribution in [2.24, 2.45) is 10.8 Å². The van der Waals surface area contributed by atoms with E-state index in [-0.39, 0.29) is 54.0 Å². The predicted molar refractivity (Wildman–Crippen MR) is 222 cm³/mol. The van der Waals surface area contributed by atoms with Crippen molar-refractivity contribution in [3.05, 3.63) is 82.2 Å². The molecule has 2 saturated heterocycles. The number of carboxylic acid groups (broad SMARTS) is 1. The molecule has 2 aliphatic heterocycles. The molecular formula is C43H56IN3O10. The quantitative estimate of drug-likeness (QED) is 0.0695. The van der Waals surface area contributed by atoms with Gasteiger partial charge in [-0.15, -0.1) is 0 Å². The van der Waals surface area contributed by atoms with Crippen LogP contribution in [-0.2, 0) is 39.6 Å². The summed E-state index contributed by atoms with van der Waals surface area (Å²) in [5.74, 6) is -1.39. The Morgan fingerprint density at radius 2 is 1.51 bits per heavy atom. The molecule has 2 atom stereocenters. The summed E-state index contributed by atoms with van der Waals surface area (Å²) in [5, 5.41) is 9.04. The third-order valence-electron chi connectivity index (χ3n) is 9.89. The van der Waals surface area contributed by atoms with E-state index in [1.807, 2.05) is 45.0 Å². The zero-order valence-corrected chi connectivity index (χ0v) is 36.3. The van der Waals surface area contributed by atoms with Crippen molar-refractivity contribution in [1.82, 2.24) is 9.80 Å². The number of hydrogen-bond acceptors (Lipinski definition) is 10. The Hall–Kier alpha value is -4.36. The number of methoxy groups -OCH3 is 1. The van der Waals surface area contributed by atoms with Crippen molar-refractivity contribution in [3.8, 4) is 0 Å². The SMILES string of the molecule is CC(C)(C)OC(=O)c1cccc(CI)c1.O=C1CCC2(CCN(Cc3cccc(C(=O)O)c3)C2)C(=O)C1.[C-]#[N+]CCC1(C(=O)OC)CCN(C(=O)OC(C)(C)C)C1. The minimum atomic E-state index is -0.930. The van der Waals surface area contributed by atoms with Crippen LogP contribution in [-0.4, -0.2) is 102 Å². The van der Waals surface area contributed by atoms with Crippen LogP contribution in [0.1, 0.15) is 112 Å². The van der Waals surface area contributed by atoms with Crippen LogP contribution in [0.25, 0.3) is 4.85 Å².